The summed E-state index contributed by atoms with van der Waals surface area (Å²) in [6.07, 6.45) is 16.9. The minimum absolute atomic E-state index is 0. The van der Waals surface area contributed by atoms with Crippen LogP contribution in [0.4, 0.5) is 0 Å². The van der Waals surface area contributed by atoms with Gasteiger partial charge in [-0.15, -0.1) is 0 Å². The van der Waals surface area contributed by atoms with Crippen molar-refractivity contribution in [1.29, 1.82) is 0 Å². The Morgan fingerprint density at radius 2 is 1.49 bits per heavy atom. The van der Waals surface area contributed by atoms with Gasteiger partial charge in [-0.3, -0.25) is 18.2 Å². The molecule has 0 aromatic heterocycles. The van der Waals surface area contributed by atoms with Gasteiger partial charge in [0.15, 0.2) is 12.5 Å². The number of fused-ring (bicyclic) bond motifs is 1. The molecule has 4 aliphatic carbocycles. The first-order chi connectivity index (χ1) is 19.3. The van der Waals surface area contributed by atoms with Crippen LogP contribution in [-0.2, 0) is 33.3 Å². The maximum absolute atomic E-state index is 10.2. The number of hydrogen-bond acceptors (Lipinski definition) is 9. The van der Waals surface area contributed by atoms with Crippen molar-refractivity contribution in [2.24, 2.45) is 29.1 Å². The third-order valence-electron chi connectivity index (χ3n) is 8.65. The average molecular weight is 699 g/mol. The third kappa shape index (κ3) is 15.8. The van der Waals surface area contributed by atoms with Crippen molar-refractivity contribution < 1.29 is 54.6 Å². The van der Waals surface area contributed by atoms with Gasteiger partial charge < -0.3 is 15.3 Å². The monoisotopic (exact) mass is 698 g/mol. The second-order valence-corrected chi connectivity index (χ2v) is 13.4. The molecule has 16 heteroatoms. The molecule has 0 heterocycles. The number of allylic oxidation sites excluding steroid dienone is 4. The predicted octanol–water partition coefficient (Wildman–Crippen LogP) is 2.53. The third-order valence-corrected chi connectivity index (χ3v) is 8.65. The van der Waals surface area contributed by atoms with Gasteiger partial charge in [0.25, 0.3) is 0 Å². The molecule has 0 radical (unpaired) electrons. The molecule has 0 aromatic carbocycles. The molecule has 0 aromatic rings. The average Bonchev–Trinajstić information content (AvgIpc) is 3.64. The van der Waals surface area contributed by atoms with Gasteiger partial charge in [0.2, 0.25) is 0 Å². The molecule has 0 unspecified atom stereocenters. The van der Waals surface area contributed by atoms with Crippen LogP contribution in [0.15, 0.2) is 47.6 Å². The van der Waals surface area contributed by atoms with Gasteiger partial charge in [-0.2, -0.15) is 21.0 Å². The van der Waals surface area contributed by atoms with Gasteiger partial charge in [-0.25, -0.2) is 0 Å². The molecular formula is C27H46CaO12S3. The normalized spacial score (nSPS) is 32.2. The molecule has 0 aliphatic heterocycles. The van der Waals surface area contributed by atoms with Gasteiger partial charge in [-0.05, 0) is 91.6 Å². The van der Waals surface area contributed by atoms with E-state index in [-0.39, 0.29) is 43.8 Å². The molecule has 0 saturated heterocycles. The summed E-state index contributed by atoms with van der Waals surface area (Å²) in [5.74, 6) is 2.28. The zero-order valence-electron chi connectivity index (χ0n) is 23.8. The van der Waals surface area contributed by atoms with Crippen LogP contribution in [0, 0.1) is 29.1 Å². The first kappa shape index (κ1) is 42.9. The summed E-state index contributed by atoms with van der Waals surface area (Å²) >= 11 is 2.83. The Morgan fingerprint density at radius 3 is 2.00 bits per heavy atom. The number of aliphatic hydroxyl groups excluding tert-OH is 3. The topological polar surface area (TPSA) is 227 Å². The van der Waals surface area contributed by atoms with E-state index < -0.39 is 33.0 Å². The predicted molar refractivity (Wildman–Crippen MR) is 167 cm³/mol. The van der Waals surface area contributed by atoms with E-state index in [1.54, 1.807) is 0 Å². The number of rotatable bonds is 5. The molecule has 43 heavy (non-hydrogen) atoms. The van der Waals surface area contributed by atoms with Crippen LogP contribution >= 0.6 is 0 Å². The first-order valence-corrected chi connectivity index (χ1v) is 16.8. The molecule has 4 rings (SSSR count). The second-order valence-electron chi connectivity index (χ2n) is 11.6. The van der Waals surface area contributed by atoms with Crippen LogP contribution in [0.1, 0.15) is 71.6 Å². The van der Waals surface area contributed by atoms with Gasteiger partial charge in [0.05, 0.1) is 18.3 Å². The zero-order chi connectivity index (χ0) is 32.5. The Hall–Kier alpha value is -0.140. The Bertz CT molecular complexity index is 1170. The van der Waals surface area contributed by atoms with Crippen molar-refractivity contribution >= 4 is 71.1 Å². The van der Waals surface area contributed by atoms with Crippen molar-refractivity contribution in [1.82, 2.24) is 0 Å². The van der Waals surface area contributed by atoms with E-state index in [1.807, 2.05) is 0 Å². The van der Waals surface area contributed by atoms with E-state index in [0.29, 0.717) is 41.9 Å². The van der Waals surface area contributed by atoms with Crippen LogP contribution in [0.3, 0.4) is 0 Å². The van der Waals surface area contributed by atoms with E-state index in [4.69, 9.17) is 39.3 Å². The van der Waals surface area contributed by atoms with Crippen LogP contribution < -0.4 is 0 Å². The molecule has 7 N–H and O–H groups in total. The fourth-order valence-electron chi connectivity index (χ4n) is 6.63. The van der Waals surface area contributed by atoms with Crippen molar-refractivity contribution in [3.63, 3.8) is 0 Å². The Morgan fingerprint density at radius 1 is 0.953 bits per heavy atom. The van der Waals surface area contributed by atoms with Crippen molar-refractivity contribution in [2.75, 3.05) is 0 Å². The molecule has 4 aliphatic rings. The van der Waals surface area contributed by atoms with E-state index >= 15 is 0 Å². The summed E-state index contributed by atoms with van der Waals surface area (Å²) in [6.45, 7) is 8.88. The Kier molecular flexibility index (Phi) is 18.8. The number of hydrogen-bond donors (Lipinski definition) is 7. The molecule has 4 saturated carbocycles. The molecule has 0 spiro atoms. The van der Waals surface area contributed by atoms with Crippen molar-refractivity contribution in [3.8, 4) is 0 Å². The van der Waals surface area contributed by atoms with Gasteiger partial charge in [0.1, 0.15) is 0 Å². The number of aliphatic hydroxyl groups is 3. The van der Waals surface area contributed by atoms with E-state index in [1.165, 1.54) is 44.1 Å². The van der Waals surface area contributed by atoms with E-state index in [0.717, 1.165) is 17.6 Å². The first-order valence-electron chi connectivity index (χ1n) is 13.7. The summed E-state index contributed by atoms with van der Waals surface area (Å²) in [6, 6.07) is 0. The maximum atomic E-state index is 10.2. The van der Waals surface area contributed by atoms with Crippen LogP contribution in [0.5, 0.6) is 0 Å². The minimum atomic E-state index is -4.67. The summed E-state index contributed by atoms with van der Waals surface area (Å²) in [7, 11) is -9.33. The fraction of sp³-hybridized carbons (Fsp3) is 0.704. The van der Waals surface area contributed by atoms with Gasteiger partial charge >= 0.3 is 58.5 Å². The molecule has 12 nitrogen and oxygen atoms in total. The zero-order valence-corrected chi connectivity index (χ0v) is 26.3. The van der Waals surface area contributed by atoms with Crippen molar-refractivity contribution in [3.05, 3.63) is 47.6 Å². The second kappa shape index (κ2) is 18.9. The van der Waals surface area contributed by atoms with E-state index in [9.17, 15) is 15.3 Å². The molecule has 7 atom stereocenters. The summed E-state index contributed by atoms with van der Waals surface area (Å²) in [5, 5.41) is 30.4. The van der Waals surface area contributed by atoms with Crippen LogP contribution in [0.25, 0.3) is 0 Å². The summed E-state index contributed by atoms with van der Waals surface area (Å²) in [4.78, 5) is 0. The Labute approximate surface area is 290 Å². The molecule has 0 amide bonds. The molecule has 4 fully saturated rings. The quantitative estimate of drug-likeness (QED) is 0.125. The van der Waals surface area contributed by atoms with Gasteiger partial charge in [-0.1, -0.05) is 50.3 Å². The van der Waals surface area contributed by atoms with Gasteiger partial charge in [0, 0.05) is 6.42 Å². The summed E-state index contributed by atoms with van der Waals surface area (Å²) in [5.41, 5.74) is 3.63. The van der Waals surface area contributed by atoms with Crippen LogP contribution in [0.2, 0.25) is 0 Å². The van der Waals surface area contributed by atoms with Crippen molar-refractivity contribution in [2.45, 2.75) is 89.9 Å². The Balaban J connectivity index is 0.00000116. The molecule has 0 bridgehead atoms. The van der Waals surface area contributed by atoms with Crippen LogP contribution in [-0.4, -0.2) is 111 Å². The standard InChI is InChI=1S/C27H40O3.Ca.2H2O4S.OS.2H/c1-17(6-13-25(29)20-8-9-20)23-11-12-24-19(5-4-14-27(23,24)3)7-10-21-15-22(28)16-26(30)18(21)2;;2*1-5(2,3)4;1-2;;/h6-7,10,13,17,20,22-26,28-30H,2,4-5,8-9,11-12,14-16H2,1,3H3;;2*(H2,1,2,3,4);;;/b13-6+,19-7+,21-10-;;;;;;/t17-,22-,23-,24+,25-,26+,27-;;;;;;/m1....../s1. The fourth-order valence-corrected chi connectivity index (χ4v) is 6.63. The van der Waals surface area contributed by atoms with E-state index in [2.05, 4.69) is 57.3 Å². The molecular weight excluding hydrogens is 653 g/mol. The molecule has 246 valence electrons. The summed E-state index contributed by atoms with van der Waals surface area (Å²) < 4.78 is 71.0. The SMILES string of the molecule is C=C1/C(=C\C=C2/CCC[C@]3(C)[C@@H]([C@H](C)/C=C/[C@@H](O)C4CC4)CC[C@@H]23)C[C@@H](O)C[C@@H]1O.O=S.O=S(=O)(O)O.O=S(=O)(O)O.[CaH2].